The van der Waals surface area contributed by atoms with Crippen LogP contribution < -0.4 is 20.9 Å². The number of aromatic nitrogens is 1. The largest absolute Gasteiger partial charge is 0.393 e. The number of aliphatic hydroxyl groups is 1. The molecule has 4 aromatic rings. The lowest BCUT2D eigenvalue weighted by Crippen LogP contribution is -2.35. The fraction of sp³-hybridized carbons (Fsp3) is 0.200. The predicted octanol–water partition coefficient (Wildman–Crippen LogP) is 5.97. The van der Waals surface area contributed by atoms with Gasteiger partial charge in [0.2, 0.25) is 0 Å². The van der Waals surface area contributed by atoms with Crippen molar-refractivity contribution in [2.24, 2.45) is 0 Å². The summed E-state index contributed by atoms with van der Waals surface area (Å²) in [7, 11) is 0. The lowest BCUT2D eigenvalue weighted by atomic mass is 10.1. The fourth-order valence-corrected chi connectivity index (χ4v) is 4.46. The Hall–Kier alpha value is -4.63. The zero-order chi connectivity index (χ0) is 27.4. The minimum atomic E-state index is -0.516. The number of hydrogen-bond acceptors (Lipinski definition) is 5. The summed E-state index contributed by atoms with van der Waals surface area (Å²) in [6.45, 7) is 3.48. The van der Waals surface area contributed by atoms with Crippen molar-refractivity contribution < 1.29 is 19.1 Å². The van der Waals surface area contributed by atoms with E-state index in [1.807, 2.05) is 25.1 Å². The van der Waals surface area contributed by atoms with Gasteiger partial charge in [-0.3, -0.25) is 9.36 Å². The van der Waals surface area contributed by atoms with Gasteiger partial charge in [-0.25, -0.2) is 9.18 Å². The zero-order valence-corrected chi connectivity index (χ0v) is 21.5. The molecule has 0 spiro atoms. The van der Waals surface area contributed by atoms with Gasteiger partial charge in [0.1, 0.15) is 5.82 Å². The Morgan fingerprint density at radius 3 is 2.18 bits per heavy atom. The lowest BCUT2D eigenvalue weighted by molar-refractivity contribution is 0.102. The van der Waals surface area contributed by atoms with Crippen LogP contribution in [0, 0.1) is 12.7 Å². The second kappa shape index (κ2) is 11.4. The van der Waals surface area contributed by atoms with E-state index in [0.717, 1.165) is 37.2 Å². The Bertz CT molecular complexity index is 1460. The first-order chi connectivity index (χ1) is 18.8. The first-order valence-electron chi connectivity index (χ1n) is 12.8. The SMILES string of the molecule is Cc1ccn(C(=O)Nc2ccc(Nc3ccc(NC(=O)c4ccc(N5CCC(O)CC5)cc4)cc3)c(F)c2)c1. The second-order valence-electron chi connectivity index (χ2n) is 9.64. The van der Waals surface area contributed by atoms with Crippen LogP contribution in [0.1, 0.15) is 28.8 Å². The summed E-state index contributed by atoms with van der Waals surface area (Å²) in [5.41, 5.74) is 4.37. The monoisotopic (exact) mass is 527 g/mol. The van der Waals surface area contributed by atoms with Gasteiger partial charge in [0.25, 0.3) is 5.91 Å². The third-order valence-electron chi connectivity index (χ3n) is 6.68. The molecule has 8 nitrogen and oxygen atoms in total. The molecule has 1 aromatic heterocycles. The standard InChI is InChI=1S/C30H30FN5O3/c1-20-12-15-36(19-20)30(39)34-24-8-11-28(27(31)18-24)32-22-4-6-23(7-5-22)33-29(38)21-2-9-25(10-3-21)35-16-13-26(37)14-17-35/h2-12,15,18-19,26,32,37H,13-14,16-17H2,1H3,(H,33,38)(H,34,39). The molecule has 0 bridgehead atoms. The van der Waals surface area contributed by atoms with Crippen LogP contribution in [0.5, 0.6) is 0 Å². The molecule has 1 saturated heterocycles. The van der Waals surface area contributed by atoms with Crippen molar-refractivity contribution in [1.82, 2.24) is 4.57 Å². The molecule has 2 amide bonds. The van der Waals surface area contributed by atoms with Crippen LogP contribution in [0.2, 0.25) is 0 Å². The zero-order valence-electron chi connectivity index (χ0n) is 21.5. The summed E-state index contributed by atoms with van der Waals surface area (Å²) >= 11 is 0. The quantitative estimate of drug-likeness (QED) is 0.248. The van der Waals surface area contributed by atoms with Crippen LogP contribution in [-0.4, -0.2) is 40.8 Å². The van der Waals surface area contributed by atoms with Crippen LogP contribution in [0.15, 0.2) is 85.2 Å². The van der Waals surface area contributed by atoms with E-state index in [1.165, 1.54) is 10.6 Å². The summed E-state index contributed by atoms with van der Waals surface area (Å²) in [6, 6.07) is 20.2. The summed E-state index contributed by atoms with van der Waals surface area (Å²) in [5.74, 6) is -0.742. The molecule has 2 heterocycles. The minimum absolute atomic E-state index is 0.227. The van der Waals surface area contributed by atoms with Crippen molar-refractivity contribution in [3.8, 4) is 0 Å². The minimum Gasteiger partial charge on any atom is -0.393 e. The second-order valence-corrected chi connectivity index (χ2v) is 9.64. The summed E-state index contributed by atoms with van der Waals surface area (Å²) in [4.78, 5) is 27.2. The van der Waals surface area contributed by atoms with Crippen LogP contribution >= 0.6 is 0 Å². The van der Waals surface area contributed by atoms with Gasteiger partial charge in [-0.15, -0.1) is 0 Å². The van der Waals surface area contributed by atoms with Gasteiger partial charge < -0.3 is 26.0 Å². The van der Waals surface area contributed by atoms with E-state index in [-0.39, 0.29) is 23.7 Å². The van der Waals surface area contributed by atoms with Gasteiger partial charge in [-0.1, -0.05) is 0 Å². The van der Waals surface area contributed by atoms with Gasteiger partial charge >= 0.3 is 6.03 Å². The van der Waals surface area contributed by atoms with Crippen molar-refractivity contribution >= 4 is 40.4 Å². The summed E-state index contributed by atoms with van der Waals surface area (Å²) < 4.78 is 16.1. The van der Waals surface area contributed by atoms with Crippen LogP contribution in [0.3, 0.4) is 0 Å². The van der Waals surface area contributed by atoms with E-state index in [0.29, 0.717) is 22.6 Å². The lowest BCUT2D eigenvalue weighted by Gasteiger charge is -2.31. The maximum atomic E-state index is 14.7. The maximum absolute atomic E-state index is 14.7. The molecule has 1 aliphatic rings. The van der Waals surface area contributed by atoms with Gasteiger partial charge in [-0.2, -0.15) is 0 Å². The van der Waals surface area contributed by atoms with E-state index < -0.39 is 5.82 Å². The van der Waals surface area contributed by atoms with Gasteiger partial charge in [0.15, 0.2) is 0 Å². The van der Waals surface area contributed by atoms with Crippen LogP contribution in [0.25, 0.3) is 0 Å². The molecular formula is C30H30FN5O3. The van der Waals surface area contributed by atoms with Gasteiger partial charge in [0.05, 0.1) is 11.8 Å². The fourth-order valence-electron chi connectivity index (χ4n) is 4.46. The molecule has 9 heteroatoms. The number of benzene rings is 3. The molecule has 0 unspecified atom stereocenters. The van der Waals surface area contributed by atoms with Crippen molar-refractivity contribution in [2.75, 3.05) is 33.9 Å². The number of amides is 2. The maximum Gasteiger partial charge on any atom is 0.329 e. The summed E-state index contributed by atoms with van der Waals surface area (Å²) in [6.07, 6.45) is 4.59. The number of nitrogens with zero attached hydrogens (tertiary/aromatic N) is 2. The third kappa shape index (κ3) is 6.45. The highest BCUT2D eigenvalue weighted by molar-refractivity contribution is 6.04. The molecule has 0 radical (unpaired) electrons. The van der Waals surface area contributed by atoms with Crippen molar-refractivity contribution in [3.63, 3.8) is 0 Å². The molecule has 0 aliphatic carbocycles. The topological polar surface area (TPSA) is 98.6 Å². The van der Waals surface area contributed by atoms with E-state index in [4.69, 9.17) is 0 Å². The molecule has 200 valence electrons. The summed E-state index contributed by atoms with van der Waals surface area (Å²) in [5, 5.41) is 18.2. The van der Waals surface area contributed by atoms with E-state index in [9.17, 15) is 19.1 Å². The molecule has 39 heavy (non-hydrogen) atoms. The Kier molecular flexibility index (Phi) is 7.60. The number of anilines is 5. The number of nitrogens with one attached hydrogen (secondary N) is 3. The van der Waals surface area contributed by atoms with Crippen molar-refractivity contribution in [1.29, 1.82) is 0 Å². The number of halogens is 1. The van der Waals surface area contributed by atoms with Crippen molar-refractivity contribution in [2.45, 2.75) is 25.9 Å². The Labute approximate surface area is 226 Å². The molecule has 0 atom stereocenters. The normalized spacial score (nSPS) is 13.7. The molecule has 4 N–H and O–H groups in total. The number of rotatable bonds is 6. The van der Waals surface area contributed by atoms with E-state index >= 15 is 0 Å². The first kappa shape index (κ1) is 26.0. The molecule has 3 aromatic carbocycles. The predicted molar refractivity (Wildman–Crippen MR) is 152 cm³/mol. The number of hydrogen-bond donors (Lipinski definition) is 4. The first-order valence-corrected chi connectivity index (χ1v) is 12.8. The molecular weight excluding hydrogens is 497 g/mol. The van der Waals surface area contributed by atoms with E-state index in [1.54, 1.807) is 60.9 Å². The Morgan fingerprint density at radius 1 is 0.872 bits per heavy atom. The average molecular weight is 528 g/mol. The number of aliphatic hydroxyl groups excluding tert-OH is 1. The molecule has 1 aliphatic heterocycles. The van der Waals surface area contributed by atoms with Gasteiger partial charge in [0, 0.05) is 53.8 Å². The Balaban J connectivity index is 1.16. The number of carbonyl (C=O) groups excluding carboxylic acids is 2. The van der Waals surface area contributed by atoms with Crippen LogP contribution in [-0.2, 0) is 0 Å². The average Bonchev–Trinajstić information content (AvgIpc) is 3.38. The number of carbonyl (C=O) groups is 2. The highest BCUT2D eigenvalue weighted by Gasteiger charge is 2.17. The molecule has 0 saturated carbocycles. The highest BCUT2D eigenvalue weighted by atomic mass is 19.1. The van der Waals surface area contributed by atoms with E-state index in [2.05, 4.69) is 20.9 Å². The third-order valence-corrected chi connectivity index (χ3v) is 6.68. The van der Waals surface area contributed by atoms with Crippen molar-refractivity contribution in [3.05, 3.63) is 102 Å². The smallest absolute Gasteiger partial charge is 0.329 e. The molecule has 5 rings (SSSR count). The van der Waals surface area contributed by atoms with Gasteiger partial charge in [-0.05, 0) is 98.1 Å². The highest BCUT2D eigenvalue weighted by Crippen LogP contribution is 2.25. The Morgan fingerprint density at radius 2 is 1.54 bits per heavy atom. The molecule has 1 fully saturated rings. The van der Waals surface area contributed by atoms with Crippen LogP contribution in [0.4, 0.5) is 37.6 Å². The number of aryl methyl sites for hydroxylation is 1. The number of piperidine rings is 1.